The lowest BCUT2D eigenvalue weighted by molar-refractivity contribution is -0.248. The van der Waals surface area contributed by atoms with Crippen molar-refractivity contribution in [3.63, 3.8) is 0 Å². The molecule has 2 heterocycles. The van der Waals surface area contributed by atoms with Crippen LogP contribution >= 0.6 is 0 Å². The molecule has 0 aromatic carbocycles. The van der Waals surface area contributed by atoms with Crippen LogP contribution in [-0.2, 0) is 47.7 Å². The monoisotopic (exact) mass is 692 g/mol. The van der Waals surface area contributed by atoms with Crippen molar-refractivity contribution >= 4 is 35.4 Å². The van der Waals surface area contributed by atoms with Crippen molar-refractivity contribution < 1.29 is 57.9 Å². The molecule has 268 valence electrons. The molecular formula is C38H44O12. The lowest BCUT2D eigenvalue weighted by atomic mass is 9.38. The van der Waals surface area contributed by atoms with E-state index in [0.717, 1.165) is 5.57 Å². The quantitative estimate of drug-likeness (QED) is 0.325. The molecule has 1 spiro atoms. The van der Waals surface area contributed by atoms with Gasteiger partial charge in [0.1, 0.15) is 30.5 Å². The minimum absolute atomic E-state index is 0.0163. The Hall–Kier alpha value is -3.38. The highest BCUT2D eigenvalue weighted by molar-refractivity contribution is 5.99. The largest absolute Gasteiger partial charge is 0.462 e. The molecule has 9 aliphatic rings. The predicted octanol–water partition coefficient (Wildman–Crippen LogP) is 2.17. The van der Waals surface area contributed by atoms with Crippen LogP contribution in [0.5, 0.6) is 0 Å². The summed E-state index contributed by atoms with van der Waals surface area (Å²) in [6, 6.07) is 0. The number of aliphatic hydroxyl groups is 2. The number of aliphatic hydroxyl groups excluding tert-OH is 1. The maximum Gasteiger partial charge on any atom is 0.339 e. The van der Waals surface area contributed by atoms with Crippen LogP contribution in [0.3, 0.4) is 0 Å². The fourth-order valence-corrected chi connectivity index (χ4v) is 14.0. The molecule has 0 bridgehead atoms. The van der Waals surface area contributed by atoms with E-state index in [1.165, 1.54) is 20.8 Å². The minimum atomic E-state index is -1.78. The Morgan fingerprint density at radius 2 is 1.60 bits per heavy atom. The first-order chi connectivity index (χ1) is 23.5. The van der Waals surface area contributed by atoms with E-state index in [0.29, 0.717) is 31.3 Å². The van der Waals surface area contributed by atoms with Crippen LogP contribution < -0.4 is 0 Å². The van der Waals surface area contributed by atoms with Gasteiger partial charge < -0.3 is 29.2 Å². The van der Waals surface area contributed by atoms with E-state index in [9.17, 15) is 39.0 Å². The van der Waals surface area contributed by atoms with Gasteiger partial charge in [-0.2, -0.15) is 0 Å². The van der Waals surface area contributed by atoms with E-state index < -0.39 is 118 Å². The van der Waals surface area contributed by atoms with Crippen molar-refractivity contribution in [1.29, 1.82) is 0 Å². The number of Topliss-reactive ketones (excluding diaryl/α,β-unsaturated/α-hetero) is 2. The molecule has 6 saturated carbocycles. The smallest absolute Gasteiger partial charge is 0.339 e. The Morgan fingerprint density at radius 3 is 2.24 bits per heavy atom. The van der Waals surface area contributed by atoms with Gasteiger partial charge in [0, 0.05) is 72.7 Å². The summed E-state index contributed by atoms with van der Waals surface area (Å²) in [5.41, 5.74) is -3.65. The molecule has 2 N–H and O–H groups in total. The normalized spacial score (nSPS) is 53.3. The highest BCUT2D eigenvalue weighted by Gasteiger charge is 2.91. The second kappa shape index (κ2) is 9.93. The third-order valence-electron chi connectivity index (χ3n) is 15.5. The standard InChI is InChI=1S/C38H44O12/c1-14(39)17-9-18(10-17)24-27-25(31(44)30(43)20-7-6-8-21(35(20,27)4)47-15(2)40)28-32(48-16(3)41)29-26-19(12-23(42)50-33(24)36(26,28)5)11-22-37(29)13-38(37,46)34(45)49-22/h9-10,19-22,24-29,31-33,44,46H,6-8,11-13H2,1-5H3/t19?,20?,21-,22-,24?,25?,26?,27?,28?,29?,31?,32?,33-,35+,36+,37-,38+/m0/s1. The van der Waals surface area contributed by atoms with Crippen molar-refractivity contribution in [1.82, 2.24) is 0 Å². The van der Waals surface area contributed by atoms with Gasteiger partial charge >= 0.3 is 23.9 Å². The van der Waals surface area contributed by atoms with Crippen LogP contribution in [0, 0.1) is 63.6 Å². The zero-order valence-electron chi connectivity index (χ0n) is 28.9. The van der Waals surface area contributed by atoms with E-state index >= 15 is 0 Å². The van der Waals surface area contributed by atoms with Crippen LogP contribution in [-0.4, -0.2) is 81.8 Å². The zero-order valence-corrected chi connectivity index (χ0v) is 28.9. The number of rotatable bonds is 4. The first-order valence-electron chi connectivity index (χ1n) is 18.1. The number of fused-ring (bicyclic) bond motifs is 4. The number of esters is 4. The number of hydrogen-bond donors (Lipinski definition) is 2. The highest BCUT2D eigenvalue weighted by Crippen LogP contribution is 2.82. The molecule has 2 aliphatic heterocycles. The number of carbonyl (C=O) groups excluding carboxylic acids is 6. The molecule has 0 radical (unpaired) electrons. The van der Waals surface area contributed by atoms with E-state index in [-0.39, 0.29) is 30.3 Å². The van der Waals surface area contributed by atoms with Gasteiger partial charge in [0.05, 0.1) is 5.41 Å². The molecule has 0 aromatic rings. The lowest BCUT2D eigenvalue weighted by Crippen LogP contribution is -2.72. The fourth-order valence-electron chi connectivity index (χ4n) is 14.0. The average molecular weight is 693 g/mol. The molecule has 0 aromatic heterocycles. The van der Waals surface area contributed by atoms with Crippen molar-refractivity contribution in [3.05, 3.63) is 23.3 Å². The molecule has 17 atom stereocenters. The fraction of sp³-hybridized carbons (Fsp3) is 0.737. The summed E-state index contributed by atoms with van der Waals surface area (Å²) in [6.07, 6.45) is 0.912. The Labute approximate surface area is 289 Å². The van der Waals surface area contributed by atoms with Gasteiger partial charge in [-0.25, -0.2) is 4.79 Å². The summed E-state index contributed by atoms with van der Waals surface area (Å²) in [7, 11) is 0. The Morgan fingerprint density at radius 1 is 0.900 bits per heavy atom. The molecule has 50 heavy (non-hydrogen) atoms. The summed E-state index contributed by atoms with van der Waals surface area (Å²) >= 11 is 0. The summed E-state index contributed by atoms with van der Waals surface area (Å²) in [5.74, 6) is -7.66. The van der Waals surface area contributed by atoms with Crippen LogP contribution in [0.15, 0.2) is 23.3 Å². The molecule has 10 unspecified atom stereocenters. The summed E-state index contributed by atoms with van der Waals surface area (Å²) in [4.78, 5) is 80.0. The van der Waals surface area contributed by atoms with E-state index in [1.807, 2.05) is 13.8 Å². The van der Waals surface area contributed by atoms with Gasteiger partial charge in [-0.3, -0.25) is 24.0 Å². The van der Waals surface area contributed by atoms with Crippen molar-refractivity contribution in [2.24, 2.45) is 63.6 Å². The Balaban J connectivity index is 1.32. The van der Waals surface area contributed by atoms with Gasteiger partial charge in [0.15, 0.2) is 17.2 Å². The molecular weight excluding hydrogens is 648 g/mol. The summed E-state index contributed by atoms with van der Waals surface area (Å²) < 4.78 is 24.8. The average Bonchev–Trinajstić information content (AvgIpc) is 3.49. The third-order valence-corrected chi connectivity index (χ3v) is 15.5. The van der Waals surface area contributed by atoms with E-state index in [2.05, 4.69) is 0 Å². The number of carbonyl (C=O) groups is 6. The highest BCUT2D eigenvalue weighted by atomic mass is 16.6. The molecule has 12 heteroatoms. The van der Waals surface area contributed by atoms with E-state index in [1.54, 1.807) is 12.2 Å². The first-order valence-corrected chi connectivity index (χ1v) is 18.1. The van der Waals surface area contributed by atoms with Gasteiger partial charge in [0.2, 0.25) is 0 Å². The zero-order chi connectivity index (χ0) is 35.6. The van der Waals surface area contributed by atoms with Crippen molar-refractivity contribution in [2.45, 2.75) is 109 Å². The van der Waals surface area contributed by atoms with Crippen LogP contribution in [0.4, 0.5) is 0 Å². The van der Waals surface area contributed by atoms with E-state index in [4.69, 9.17) is 18.9 Å². The lowest BCUT2D eigenvalue weighted by Gasteiger charge is -2.66. The number of hydrogen-bond acceptors (Lipinski definition) is 12. The molecule has 0 amide bonds. The van der Waals surface area contributed by atoms with Gasteiger partial charge in [-0.05, 0) is 68.1 Å². The number of allylic oxidation sites excluding steroid dienone is 3. The Bertz CT molecular complexity index is 1750. The minimum Gasteiger partial charge on any atom is -0.462 e. The van der Waals surface area contributed by atoms with Gasteiger partial charge in [-0.15, -0.1) is 0 Å². The molecule has 12 nitrogen and oxygen atoms in total. The molecule has 7 aliphatic carbocycles. The molecule has 8 fully saturated rings. The third kappa shape index (κ3) is 3.60. The van der Waals surface area contributed by atoms with Gasteiger partial charge in [-0.1, -0.05) is 13.8 Å². The van der Waals surface area contributed by atoms with Crippen LogP contribution in [0.1, 0.15) is 73.1 Å². The van der Waals surface area contributed by atoms with Crippen molar-refractivity contribution in [3.8, 4) is 0 Å². The van der Waals surface area contributed by atoms with Crippen LogP contribution in [0.25, 0.3) is 0 Å². The maximum absolute atomic E-state index is 14.6. The maximum atomic E-state index is 14.6. The first kappa shape index (κ1) is 32.5. The van der Waals surface area contributed by atoms with Crippen molar-refractivity contribution in [2.75, 3.05) is 0 Å². The number of ketones is 2. The second-order valence-corrected chi connectivity index (χ2v) is 17.3. The summed E-state index contributed by atoms with van der Waals surface area (Å²) in [5, 5.41) is 24.2. The second-order valence-electron chi connectivity index (χ2n) is 17.3. The Kier molecular flexibility index (Phi) is 6.46. The number of ether oxygens (including phenoxy) is 4. The summed E-state index contributed by atoms with van der Waals surface area (Å²) in [6.45, 7) is 8.04. The van der Waals surface area contributed by atoms with Crippen LogP contribution in [0.2, 0.25) is 0 Å². The molecule has 9 rings (SSSR count). The predicted molar refractivity (Wildman–Crippen MR) is 168 cm³/mol. The SMILES string of the molecule is CC(=O)OC1C2C3C(O)C(=O)C4CCC[C@H](OC(C)=O)[C@]4(C)C3C(C3=CC(C(C)=O)=C3)[C@@H]3OC(=O)CC4C[C@@H]5OC(=O)[C@]6(O)C[C@@]56C1C4[C@]23C. The topological polar surface area (TPSA) is 180 Å². The molecule has 2 saturated heterocycles. The van der Waals surface area contributed by atoms with Gasteiger partial charge in [0.25, 0.3) is 0 Å².